The van der Waals surface area contributed by atoms with Crippen LogP contribution in [0, 0.1) is 0 Å². The first-order valence-electron chi connectivity index (χ1n) is 5.10. The average Bonchev–Trinajstić information content (AvgIpc) is 2.29. The first kappa shape index (κ1) is 10.4. The Kier molecular flexibility index (Phi) is 2.72. The third kappa shape index (κ3) is 1.82. The third-order valence-corrected chi connectivity index (χ3v) is 2.35. The van der Waals surface area contributed by atoms with E-state index in [-0.39, 0.29) is 17.0 Å². The Morgan fingerprint density at radius 1 is 1.31 bits per heavy atom. The van der Waals surface area contributed by atoms with Crippen molar-refractivity contribution in [3.05, 3.63) is 46.5 Å². The summed E-state index contributed by atoms with van der Waals surface area (Å²) in [4.78, 5) is 18.3. The normalized spacial score (nSPS) is 10.3. The van der Waals surface area contributed by atoms with Crippen LogP contribution in [-0.4, -0.2) is 15.1 Å². The molecule has 2 aromatic rings. The van der Waals surface area contributed by atoms with Crippen LogP contribution >= 0.6 is 0 Å². The van der Waals surface area contributed by atoms with Gasteiger partial charge in [-0.3, -0.25) is 4.79 Å². The second-order valence-electron chi connectivity index (χ2n) is 3.43. The zero-order valence-corrected chi connectivity index (χ0v) is 8.90. The largest absolute Gasteiger partial charge is 0.493 e. The van der Waals surface area contributed by atoms with Crippen LogP contribution in [0.1, 0.15) is 12.7 Å². The van der Waals surface area contributed by atoms with E-state index >= 15 is 0 Å². The molecule has 0 aliphatic rings. The van der Waals surface area contributed by atoms with Crippen molar-refractivity contribution in [2.45, 2.75) is 13.3 Å². The number of benzene rings is 1. The summed E-state index contributed by atoms with van der Waals surface area (Å²) in [5.41, 5.74) is 0.574. The van der Waals surface area contributed by atoms with Gasteiger partial charge in [0.15, 0.2) is 0 Å². The number of hydrogen-bond donors (Lipinski definition) is 2. The third-order valence-electron chi connectivity index (χ3n) is 2.35. The molecule has 0 aliphatic heterocycles. The molecule has 2 rings (SSSR count). The summed E-state index contributed by atoms with van der Waals surface area (Å²) in [5.74, 6) is 0.272. The number of aryl methyl sites for hydroxylation is 1. The molecule has 1 aromatic heterocycles. The monoisotopic (exact) mass is 216 g/mol. The van der Waals surface area contributed by atoms with Crippen LogP contribution in [0.2, 0.25) is 0 Å². The van der Waals surface area contributed by atoms with E-state index in [4.69, 9.17) is 0 Å². The molecule has 2 N–H and O–H groups in total. The van der Waals surface area contributed by atoms with Crippen LogP contribution in [0.4, 0.5) is 0 Å². The van der Waals surface area contributed by atoms with Gasteiger partial charge in [-0.15, -0.1) is 0 Å². The highest BCUT2D eigenvalue weighted by atomic mass is 16.3. The molecule has 1 aromatic carbocycles. The second kappa shape index (κ2) is 4.18. The minimum Gasteiger partial charge on any atom is -0.493 e. The quantitative estimate of drug-likeness (QED) is 0.803. The molecule has 0 bridgehead atoms. The van der Waals surface area contributed by atoms with Crippen molar-refractivity contribution in [2.75, 3.05) is 0 Å². The summed E-state index contributed by atoms with van der Waals surface area (Å²) in [6.45, 7) is 1.86. The van der Waals surface area contributed by atoms with Crippen molar-refractivity contribution < 1.29 is 5.11 Å². The lowest BCUT2D eigenvalue weighted by atomic mass is 10.1. The topological polar surface area (TPSA) is 66.0 Å². The summed E-state index contributed by atoms with van der Waals surface area (Å²) < 4.78 is 0. The Morgan fingerprint density at radius 3 is 2.56 bits per heavy atom. The van der Waals surface area contributed by atoms with Gasteiger partial charge in [-0.1, -0.05) is 37.3 Å². The molecular weight excluding hydrogens is 204 g/mol. The highest BCUT2D eigenvalue weighted by Crippen LogP contribution is 2.22. The Hall–Kier alpha value is -2.10. The fraction of sp³-hybridized carbons (Fsp3) is 0.167. The van der Waals surface area contributed by atoms with Crippen molar-refractivity contribution in [3.63, 3.8) is 0 Å². The summed E-state index contributed by atoms with van der Waals surface area (Å²) in [5, 5.41) is 9.73. The van der Waals surface area contributed by atoms with Gasteiger partial charge >= 0.3 is 0 Å². The van der Waals surface area contributed by atoms with Crippen LogP contribution in [0.25, 0.3) is 11.1 Å². The zero-order chi connectivity index (χ0) is 11.5. The summed E-state index contributed by atoms with van der Waals surface area (Å²) in [6.07, 6.45) is 0.581. The number of nitrogens with one attached hydrogen (secondary N) is 1. The molecule has 0 saturated heterocycles. The molecule has 0 spiro atoms. The maximum absolute atomic E-state index is 11.8. The maximum Gasteiger partial charge on any atom is 0.262 e. The Bertz CT molecular complexity index is 547. The molecule has 4 heteroatoms. The number of rotatable bonds is 2. The van der Waals surface area contributed by atoms with E-state index < -0.39 is 0 Å². The first-order valence-corrected chi connectivity index (χ1v) is 5.10. The van der Waals surface area contributed by atoms with Crippen molar-refractivity contribution in [1.29, 1.82) is 0 Å². The summed E-state index contributed by atoms with van der Waals surface area (Å²) in [7, 11) is 0. The molecule has 0 unspecified atom stereocenters. The molecule has 16 heavy (non-hydrogen) atoms. The van der Waals surface area contributed by atoms with Crippen LogP contribution in [0.5, 0.6) is 5.88 Å². The Morgan fingerprint density at radius 2 is 2.00 bits per heavy atom. The zero-order valence-electron chi connectivity index (χ0n) is 8.90. The average molecular weight is 216 g/mol. The van der Waals surface area contributed by atoms with Crippen LogP contribution < -0.4 is 5.56 Å². The molecule has 0 aliphatic carbocycles. The van der Waals surface area contributed by atoms with Gasteiger partial charge in [-0.2, -0.15) is 4.98 Å². The SMILES string of the molecule is CCc1nc(O)c(-c2ccccc2)c(=O)[nH]1. The smallest absolute Gasteiger partial charge is 0.262 e. The van der Waals surface area contributed by atoms with Gasteiger partial charge in [0, 0.05) is 6.42 Å². The van der Waals surface area contributed by atoms with E-state index in [1.807, 2.05) is 25.1 Å². The lowest BCUT2D eigenvalue weighted by Gasteiger charge is -2.04. The van der Waals surface area contributed by atoms with E-state index in [0.29, 0.717) is 17.8 Å². The molecule has 0 radical (unpaired) electrons. The van der Waals surface area contributed by atoms with Gasteiger partial charge in [0.2, 0.25) is 5.88 Å². The second-order valence-corrected chi connectivity index (χ2v) is 3.43. The number of aromatic amines is 1. The molecule has 0 fully saturated rings. The minimum absolute atomic E-state index is 0.216. The van der Waals surface area contributed by atoms with Gasteiger partial charge in [-0.25, -0.2) is 0 Å². The maximum atomic E-state index is 11.8. The standard InChI is InChI=1S/C12H12N2O2/c1-2-9-13-11(15)10(12(16)14-9)8-6-4-3-5-7-8/h3-7H,2H2,1H3,(H2,13,14,15,16). The molecule has 0 amide bonds. The highest BCUT2D eigenvalue weighted by molar-refractivity contribution is 5.66. The van der Waals surface area contributed by atoms with Gasteiger partial charge in [0.25, 0.3) is 5.56 Å². The van der Waals surface area contributed by atoms with Crippen molar-refractivity contribution in [1.82, 2.24) is 9.97 Å². The van der Waals surface area contributed by atoms with Crippen molar-refractivity contribution >= 4 is 0 Å². The lowest BCUT2D eigenvalue weighted by molar-refractivity contribution is 0.450. The van der Waals surface area contributed by atoms with Gasteiger partial charge < -0.3 is 10.1 Å². The molecule has 82 valence electrons. The van der Waals surface area contributed by atoms with Crippen molar-refractivity contribution in [3.8, 4) is 17.0 Å². The predicted molar refractivity (Wildman–Crippen MR) is 61.3 cm³/mol. The molecule has 0 atom stereocenters. The van der Waals surface area contributed by atoms with Gasteiger partial charge in [0.1, 0.15) is 11.4 Å². The highest BCUT2D eigenvalue weighted by Gasteiger charge is 2.11. The molecule has 4 nitrogen and oxygen atoms in total. The number of aromatic hydroxyl groups is 1. The molecule has 1 heterocycles. The number of hydrogen-bond acceptors (Lipinski definition) is 3. The molecular formula is C12H12N2O2. The summed E-state index contributed by atoms with van der Waals surface area (Å²) in [6, 6.07) is 8.99. The van der Waals surface area contributed by atoms with Crippen molar-refractivity contribution in [2.24, 2.45) is 0 Å². The van der Waals surface area contributed by atoms with E-state index in [1.54, 1.807) is 12.1 Å². The van der Waals surface area contributed by atoms with E-state index in [1.165, 1.54) is 0 Å². The minimum atomic E-state index is -0.310. The fourth-order valence-electron chi connectivity index (χ4n) is 1.54. The van der Waals surface area contributed by atoms with Crippen LogP contribution in [-0.2, 0) is 6.42 Å². The molecule has 0 saturated carbocycles. The number of nitrogens with zero attached hydrogens (tertiary/aromatic N) is 1. The van der Waals surface area contributed by atoms with Gasteiger partial charge in [0.05, 0.1) is 0 Å². The van der Waals surface area contributed by atoms with E-state index in [0.717, 1.165) is 0 Å². The number of H-pyrrole nitrogens is 1. The number of aromatic nitrogens is 2. The Balaban J connectivity index is 2.63. The van der Waals surface area contributed by atoms with E-state index in [2.05, 4.69) is 9.97 Å². The van der Waals surface area contributed by atoms with E-state index in [9.17, 15) is 9.90 Å². The van der Waals surface area contributed by atoms with Crippen LogP contribution in [0.3, 0.4) is 0 Å². The predicted octanol–water partition coefficient (Wildman–Crippen LogP) is 1.70. The van der Waals surface area contributed by atoms with Gasteiger partial charge in [-0.05, 0) is 5.56 Å². The first-order chi connectivity index (χ1) is 7.72. The van der Waals surface area contributed by atoms with Crippen LogP contribution in [0.15, 0.2) is 35.1 Å². The summed E-state index contributed by atoms with van der Waals surface area (Å²) >= 11 is 0. The fourth-order valence-corrected chi connectivity index (χ4v) is 1.54. The lowest BCUT2D eigenvalue weighted by Crippen LogP contribution is -2.13. The Labute approximate surface area is 92.6 Å².